The molecule has 2 N–H and O–H groups in total. The van der Waals surface area contributed by atoms with Gasteiger partial charge < -0.3 is 10.2 Å². The molecule has 8 heteroatoms. The van der Waals surface area contributed by atoms with Crippen LogP contribution in [0.2, 0.25) is 0 Å². The molecule has 2 nitrogen and oxygen atoms in total. The van der Waals surface area contributed by atoms with E-state index in [1.165, 1.54) is 43.4 Å². The molecule has 0 fully saturated rings. The summed E-state index contributed by atoms with van der Waals surface area (Å²) < 4.78 is 4.14. The zero-order valence-electron chi connectivity index (χ0n) is 21.1. The Hall–Kier alpha value is -0.840. The molecule has 1 aromatic carbocycles. The lowest BCUT2D eigenvalue weighted by molar-refractivity contribution is 0.227. The molecule has 38 heavy (non-hydrogen) atoms. The molecule has 2 atom stereocenters. The van der Waals surface area contributed by atoms with Gasteiger partial charge in [0.15, 0.2) is 0 Å². The number of hydrogen-bond donors (Lipinski definition) is 2. The minimum atomic E-state index is -0.680. The third-order valence-electron chi connectivity index (χ3n) is 6.59. The van der Waals surface area contributed by atoms with Crippen molar-refractivity contribution in [1.29, 1.82) is 0 Å². The summed E-state index contributed by atoms with van der Waals surface area (Å²) in [5.41, 5.74) is 1.15. The van der Waals surface area contributed by atoms with Crippen molar-refractivity contribution in [2.45, 2.75) is 64.1 Å². The molecule has 0 aliphatic heterocycles. The van der Waals surface area contributed by atoms with Crippen LogP contribution in [0.3, 0.4) is 0 Å². The van der Waals surface area contributed by atoms with Crippen LogP contribution in [0.25, 0.3) is 19.8 Å². The van der Waals surface area contributed by atoms with Crippen LogP contribution in [0.5, 0.6) is 0 Å². The molecule has 0 radical (unpaired) electrons. The first-order valence-electron chi connectivity index (χ1n) is 13.0. The minimum absolute atomic E-state index is 0.634. The average Bonchev–Trinajstić information content (AvgIpc) is 3.68. The lowest BCUT2D eigenvalue weighted by Crippen LogP contribution is -1.95. The molecular weight excluding hydrogens is 680 g/mol. The fourth-order valence-electron chi connectivity index (χ4n) is 4.54. The largest absolute Gasteiger partial charge is 0.382 e. The molecule has 0 saturated heterocycles. The molecular formula is C30H30Br2O2S4. The average molecular weight is 711 g/mol. The fourth-order valence-corrected chi connectivity index (χ4v) is 11.0. The molecule has 0 aliphatic carbocycles. The first-order valence-corrected chi connectivity index (χ1v) is 17.8. The van der Waals surface area contributed by atoms with Gasteiger partial charge in [-0.15, -0.1) is 45.3 Å². The van der Waals surface area contributed by atoms with Gasteiger partial charge in [0.25, 0.3) is 0 Å². The third-order valence-corrected chi connectivity index (χ3v) is 13.3. The fraction of sp³-hybridized carbons (Fsp3) is 0.333. The zero-order chi connectivity index (χ0) is 26.6. The van der Waals surface area contributed by atoms with E-state index in [1.54, 1.807) is 45.3 Å². The number of rotatable bonds is 12. The normalized spacial score (nSPS) is 13.4. The predicted octanol–water partition coefficient (Wildman–Crippen LogP) is 11.3. The van der Waals surface area contributed by atoms with E-state index in [9.17, 15) is 10.2 Å². The van der Waals surface area contributed by atoms with Gasteiger partial charge in [-0.25, -0.2) is 0 Å². The second-order valence-corrected chi connectivity index (χ2v) is 15.7. The summed E-state index contributed by atoms with van der Waals surface area (Å²) in [6, 6.07) is 18.7. The first-order chi connectivity index (χ1) is 18.4. The Morgan fingerprint density at radius 1 is 0.684 bits per heavy atom. The van der Waals surface area contributed by atoms with Gasteiger partial charge in [-0.1, -0.05) is 69.4 Å². The lowest BCUT2D eigenvalue weighted by atomic mass is 10.1. The van der Waals surface area contributed by atoms with Crippen LogP contribution >= 0.6 is 77.2 Å². The van der Waals surface area contributed by atoms with Crippen LogP contribution in [0, 0.1) is 0 Å². The van der Waals surface area contributed by atoms with Crippen LogP contribution in [-0.4, -0.2) is 10.2 Å². The Bertz CT molecular complexity index is 1450. The number of halogens is 2. The summed E-state index contributed by atoms with van der Waals surface area (Å²) in [5.74, 6) is 0. The highest BCUT2D eigenvalue weighted by Crippen LogP contribution is 2.46. The second-order valence-electron chi connectivity index (χ2n) is 9.46. The van der Waals surface area contributed by atoms with Crippen molar-refractivity contribution in [2.24, 2.45) is 0 Å². The zero-order valence-corrected chi connectivity index (χ0v) is 27.5. The lowest BCUT2D eigenvalue weighted by Gasteiger charge is -2.08. The Balaban J connectivity index is 1.27. The highest BCUT2D eigenvalue weighted by atomic mass is 79.9. The van der Waals surface area contributed by atoms with Crippen molar-refractivity contribution < 1.29 is 10.2 Å². The van der Waals surface area contributed by atoms with Crippen molar-refractivity contribution in [2.75, 3.05) is 0 Å². The number of aliphatic hydroxyl groups is 2. The van der Waals surface area contributed by atoms with Crippen LogP contribution in [-0.2, 0) is 6.42 Å². The Labute approximate surface area is 257 Å². The molecule has 0 bridgehead atoms. The SMILES string of the molecule is CCCCCCCCc1cc(Br)c(C(O)c2cc3sc(C(O)c4sc(-c5ccccc5)cc4Br)cc3s2)s1. The molecule has 200 valence electrons. The van der Waals surface area contributed by atoms with Crippen LogP contribution in [0.4, 0.5) is 0 Å². The van der Waals surface area contributed by atoms with E-state index in [2.05, 4.69) is 75.2 Å². The van der Waals surface area contributed by atoms with Gasteiger partial charge in [-0.2, -0.15) is 0 Å². The molecule has 0 amide bonds. The molecule has 0 aliphatic rings. The van der Waals surface area contributed by atoms with E-state index in [0.717, 1.165) is 54.7 Å². The van der Waals surface area contributed by atoms with E-state index in [1.807, 2.05) is 18.2 Å². The number of thiophene rings is 4. The molecule has 4 aromatic heterocycles. The second kappa shape index (κ2) is 13.2. The highest BCUT2D eigenvalue weighted by Gasteiger charge is 2.24. The van der Waals surface area contributed by atoms with Crippen LogP contribution < -0.4 is 0 Å². The summed E-state index contributed by atoms with van der Waals surface area (Å²) in [6.07, 6.45) is 7.51. The number of benzene rings is 1. The van der Waals surface area contributed by atoms with Gasteiger partial charge >= 0.3 is 0 Å². The van der Waals surface area contributed by atoms with Crippen LogP contribution in [0.15, 0.2) is 63.5 Å². The standard InChI is InChI=1S/C30H30Br2O2S4/c1-2-3-4-5-6-10-13-19-14-20(31)29(35-19)27(33)25-16-23-24(36-25)17-26(37-23)28(34)30-21(32)15-22(38-30)18-11-8-7-9-12-18/h7-9,11-12,14-17,27-28,33-34H,2-6,10,13H2,1H3. The first kappa shape index (κ1) is 28.7. The number of unbranched alkanes of at least 4 members (excludes halogenated alkanes) is 5. The summed E-state index contributed by atoms with van der Waals surface area (Å²) in [4.78, 5) is 6.24. The number of hydrogen-bond acceptors (Lipinski definition) is 6. The van der Waals surface area contributed by atoms with E-state index in [0.29, 0.717) is 0 Å². The van der Waals surface area contributed by atoms with Gasteiger partial charge in [0, 0.05) is 37.9 Å². The number of aliphatic hydroxyl groups excluding tert-OH is 2. The molecule has 5 aromatic rings. The molecule has 4 heterocycles. The predicted molar refractivity (Wildman–Crippen MR) is 174 cm³/mol. The van der Waals surface area contributed by atoms with Gasteiger partial charge in [0.1, 0.15) is 12.2 Å². The summed E-state index contributed by atoms with van der Waals surface area (Å²) in [6.45, 7) is 2.25. The van der Waals surface area contributed by atoms with Crippen molar-refractivity contribution in [3.8, 4) is 10.4 Å². The number of aryl methyl sites for hydroxylation is 1. The van der Waals surface area contributed by atoms with Gasteiger partial charge in [0.05, 0.1) is 9.75 Å². The summed E-state index contributed by atoms with van der Waals surface area (Å²) in [7, 11) is 0. The Kier molecular flexibility index (Phi) is 9.97. The van der Waals surface area contributed by atoms with E-state index in [4.69, 9.17) is 0 Å². The summed E-state index contributed by atoms with van der Waals surface area (Å²) >= 11 is 13.9. The number of fused-ring (bicyclic) bond motifs is 1. The Morgan fingerprint density at radius 3 is 1.92 bits per heavy atom. The molecule has 5 rings (SSSR count). The Morgan fingerprint density at radius 2 is 1.26 bits per heavy atom. The monoisotopic (exact) mass is 708 g/mol. The quantitative estimate of drug-likeness (QED) is 0.127. The minimum Gasteiger partial charge on any atom is -0.382 e. The maximum absolute atomic E-state index is 11.2. The van der Waals surface area contributed by atoms with Crippen molar-refractivity contribution in [3.63, 3.8) is 0 Å². The maximum Gasteiger partial charge on any atom is 0.124 e. The smallest absolute Gasteiger partial charge is 0.124 e. The maximum atomic E-state index is 11.2. The van der Waals surface area contributed by atoms with E-state index >= 15 is 0 Å². The van der Waals surface area contributed by atoms with Gasteiger partial charge in [-0.05, 0) is 74.5 Å². The molecule has 0 saturated carbocycles. The highest BCUT2D eigenvalue weighted by molar-refractivity contribution is 9.11. The van der Waals surface area contributed by atoms with E-state index < -0.39 is 12.2 Å². The molecule has 2 unspecified atom stereocenters. The third kappa shape index (κ3) is 6.55. The van der Waals surface area contributed by atoms with Gasteiger partial charge in [0.2, 0.25) is 0 Å². The van der Waals surface area contributed by atoms with Crippen molar-refractivity contribution >= 4 is 86.6 Å². The van der Waals surface area contributed by atoms with Crippen LogP contribution in [0.1, 0.15) is 82.0 Å². The van der Waals surface area contributed by atoms with Crippen molar-refractivity contribution in [3.05, 3.63) is 87.9 Å². The van der Waals surface area contributed by atoms with Crippen molar-refractivity contribution in [1.82, 2.24) is 0 Å². The van der Waals surface area contributed by atoms with E-state index in [-0.39, 0.29) is 0 Å². The summed E-state index contributed by atoms with van der Waals surface area (Å²) in [5, 5.41) is 22.4. The topological polar surface area (TPSA) is 40.5 Å². The van der Waals surface area contributed by atoms with Gasteiger partial charge in [-0.3, -0.25) is 0 Å². The molecule has 0 spiro atoms.